The molecule has 0 rings (SSSR count). The molecule has 0 amide bonds. The van der Waals surface area contributed by atoms with Crippen molar-refractivity contribution in [2.45, 2.75) is 200 Å². The molecule has 0 aliphatic rings. The number of unbranched alkanes of at least 4 members (excludes halogenated alkanes) is 23. The molecule has 0 aromatic carbocycles. The number of hydrogen-bond acceptors (Lipinski definition) is 5. The highest BCUT2D eigenvalue weighted by molar-refractivity contribution is 5.79. The maximum Gasteiger partial charge on any atom is 0.327 e. The monoisotopic (exact) mass is 703 g/mol. The molecule has 0 saturated carbocycles. The highest BCUT2D eigenvalue weighted by Gasteiger charge is 2.00. The third-order valence-corrected chi connectivity index (χ3v) is 8.10. The molecule has 0 bridgehead atoms. The summed E-state index contributed by atoms with van der Waals surface area (Å²) in [6.45, 7) is 14.9. The van der Waals surface area contributed by atoms with Crippen molar-refractivity contribution >= 4 is 17.9 Å². The van der Waals surface area contributed by atoms with Crippen LogP contribution in [0.25, 0.3) is 0 Å². The number of ether oxygens (including phenoxy) is 2. The first-order chi connectivity index (χ1) is 24.4. The van der Waals surface area contributed by atoms with Crippen molar-refractivity contribution < 1.29 is 29.0 Å². The molecule has 0 atom stereocenters. The fourth-order valence-electron chi connectivity index (χ4n) is 5.14. The fourth-order valence-corrected chi connectivity index (χ4v) is 5.14. The van der Waals surface area contributed by atoms with E-state index in [1.165, 1.54) is 147 Å². The van der Waals surface area contributed by atoms with Crippen LogP contribution in [0.3, 0.4) is 0 Å². The van der Waals surface area contributed by atoms with E-state index < -0.39 is 5.97 Å². The van der Waals surface area contributed by atoms with Gasteiger partial charge in [0.05, 0.1) is 12.5 Å². The molecule has 290 valence electrons. The zero-order chi connectivity index (χ0) is 37.6. The van der Waals surface area contributed by atoms with E-state index in [2.05, 4.69) is 55.2 Å². The van der Waals surface area contributed by atoms with E-state index in [1.54, 1.807) is 6.08 Å². The van der Waals surface area contributed by atoms with Crippen LogP contribution in [0, 0.1) is 0 Å². The van der Waals surface area contributed by atoms with Gasteiger partial charge < -0.3 is 14.6 Å². The van der Waals surface area contributed by atoms with Crippen LogP contribution in [0.1, 0.15) is 200 Å². The zero-order valence-electron chi connectivity index (χ0n) is 32.7. The van der Waals surface area contributed by atoms with Crippen molar-refractivity contribution in [1.29, 1.82) is 0 Å². The Hall–Kier alpha value is -2.89. The molecule has 0 heterocycles. The van der Waals surface area contributed by atoms with Gasteiger partial charge in [-0.25, -0.2) is 4.79 Å². The number of esters is 2. The Labute approximate surface area is 309 Å². The van der Waals surface area contributed by atoms with E-state index in [0.717, 1.165) is 44.9 Å². The summed E-state index contributed by atoms with van der Waals surface area (Å²) >= 11 is 0. The summed E-state index contributed by atoms with van der Waals surface area (Å²) in [4.78, 5) is 32.1. The van der Waals surface area contributed by atoms with Gasteiger partial charge in [-0.15, -0.1) is 6.58 Å². The van der Waals surface area contributed by atoms with Gasteiger partial charge in [0.2, 0.25) is 0 Å². The van der Waals surface area contributed by atoms with E-state index in [-0.39, 0.29) is 11.9 Å². The molecule has 0 aliphatic carbocycles. The minimum absolute atomic E-state index is 0.160. The molecule has 0 radical (unpaired) electrons. The highest BCUT2D eigenvalue weighted by atomic mass is 16.5. The van der Waals surface area contributed by atoms with Crippen molar-refractivity contribution in [2.24, 2.45) is 0 Å². The summed E-state index contributed by atoms with van der Waals surface area (Å²) in [5, 5.41) is 8.30. The average Bonchev–Trinajstić information content (AvgIpc) is 3.09. The van der Waals surface area contributed by atoms with Crippen LogP contribution in [0.2, 0.25) is 0 Å². The summed E-state index contributed by atoms with van der Waals surface area (Å²) in [7, 11) is 0. The number of rotatable bonds is 34. The summed E-state index contributed by atoms with van der Waals surface area (Å²) in [6.07, 6.45) is 46.1. The van der Waals surface area contributed by atoms with Gasteiger partial charge in [0.1, 0.15) is 0 Å². The predicted molar refractivity (Wildman–Crippen MR) is 214 cm³/mol. The predicted octanol–water partition coefficient (Wildman–Crippen LogP) is 14.1. The molecule has 0 aromatic heterocycles. The Kier molecular flexibility index (Phi) is 49.7. The Bertz CT molecular complexity index is 828. The molecule has 0 spiro atoms. The standard InChI is InChI=1S/C20H36O2.C13H22O2.C11H20O2/c1-3-5-6-7-8-9-10-11-12-13-14-15-16-17-18-19-20(21)22-4-2;1-3-5-6-7-8-9-10-11-12-13(14)15-4-2;1-2-3-4-5-6-7-8-9-10-11(12)13/h4,11-12H,2-3,5-10,13-19H2,1H3;3-4H,1-2,5-12H2;9-10H,2-8H2,1H3,(H,12,13)/b12-11-;;. The van der Waals surface area contributed by atoms with Crippen LogP contribution in [-0.4, -0.2) is 23.0 Å². The van der Waals surface area contributed by atoms with Crippen molar-refractivity contribution in [2.75, 3.05) is 0 Å². The number of carboxylic acids is 1. The van der Waals surface area contributed by atoms with Crippen molar-refractivity contribution in [3.05, 3.63) is 62.6 Å². The second-order valence-electron chi connectivity index (χ2n) is 12.9. The molecule has 0 aliphatic heterocycles. The summed E-state index contributed by atoms with van der Waals surface area (Å²) in [6, 6.07) is 0. The van der Waals surface area contributed by atoms with Crippen LogP contribution < -0.4 is 0 Å². The summed E-state index contributed by atoms with van der Waals surface area (Å²) in [5.74, 6) is -1.17. The SMILES string of the molecule is C=CCCCCCCCCC(=O)OC=C.C=COC(=O)CCCCCCC/C=C\CCCCCCCC.CCCCCCCCC=CC(=O)O. The first-order valence-electron chi connectivity index (χ1n) is 20.2. The number of carboxylic acid groups (broad SMARTS) is 1. The number of carbonyl (C=O) groups excluding carboxylic acids is 2. The zero-order valence-corrected chi connectivity index (χ0v) is 32.7. The molecule has 0 unspecified atom stereocenters. The van der Waals surface area contributed by atoms with E-state index in [9.17, 15) is 14.4 Å². The van der Waals surface area contributed by atoms with Gasteiger partial charge in [0, 0.05) is 18.9 Å². The van der Waals surface area contributed by atoms with Crippen LogP contribution in [0.15, 0.2) is 62.6 Å². The normalized spacial score (nSPS) is 10.5. The van der Waals surface area contributed by atoms with Crippen LogP contribution >= 0.6 is 0 Å². The molecular weight excluding hydrogens is 624 g/mol. The lowest BCUT2D eigenvalue weighted by Gasteiger charge is -2.00. The Morgan fingerprint density at radius 1 is 0.460 bits per heavy atom. The molecular formula is C44H78O6. The first kappa shape index (κ1) is 51.5. The smallest absolute Gasteiger partial charge is 0.327 e. The molecule has 6 heteroatoms. The molecule has 0 aromatic rings. The Balaban J connectivity index is -0.000000693. The van der Waals surface area contributed by atoms with Crippen molar-refractivity contribution in [1.82, 2.24) is 0 Å². The molecule has 1 N–H and O–H groups in total. The topological polar surface area (TPSA) is 89.9 Å². The van der Waals surface area contributed by atoms with Gasteiger partial charge in [-0.3, -0.25) is 9.59 Å². The van der Waals surface area contributed by atoms with E-state index in [4.69, 9.17) is 5.11 Å². The second-order valence-corrected chi connectivity index (χ2v) is 12.9. The lowest BCUT2D eigenvalue weighted by atomic mass is 10.1. The lowest BCUT2D eigenvalue weighted by molar-refractivity contribution is -0.139. The minimum Gasteiger partial charge on any atom is -0.478 e. The first-order valence-corrected chi connectivity index (χ1v) is 20.2. The average molecular weight is 703 g/mol. The van der Waals surface area contributed by atoms with Gasteiger partial charge in [0.15, 0.2) is 0 Å². The van der Waals surface area contributed by atoms with E-state index >= 15 is 0 Å². The maximum atomic E-state index is 11.1. The second kappa shape index (κ2) is 48.2. The van der Waals surface area contributed by atoms with Crippen LogP contribution in [0.5, 0.6) is 0 Å². The summed E-state index contributed by atoms with van der Waals surface area (Å²) < 4.78 is 9.29. The third-order valence-electron chi connectivity index (χ3n) is 8.10. The van der Waals surface area contributed by atoms with Crippen molar-refractivity contribution in [3.8, 4) is 0 Å². The van der Waals surface area contributed by atoms with Gasteiger partial charge >= 0.3 is 17.9 Å². The largest absolute Gasteiger partial charge is 0.478 e. The third kappa shape index (κ3) is 54.6. The lowest BCUT2D eigenvalue weighted by Crippen LogP contribution is -1.98. The van der Waals surface area contributed by atoms with Crippen LogP contribution in [-0.2, 0) is 23.9 Å². The number of allylic oxidation sites excluding steroid dienone is 4. The molecule has 50 heavy (non-hydrogen) atoms. The van der Waals surface area contributed by atoms with Gasteiger partial charge in [-0.1, -0.05) is 160 Å². The number of aliphatic carboxylic acids is 1. The molecule has 6 nitrogen and oxygen atoms in total. The minimum atomic E-state index is -0.842. The number of carbonyl (C=O) groups is 3. The van der Waals surface area contributed by atoms with E-state index in [0.29, 0.717) is 12.8 Å². The van der Waals surface area contributed by atoms with Gasteiger partial charge in [0.25, 0.3) is 0 Å². The highest BCUT2D eigenvalue weighted by Crippen LogP contribution is 2.11. The maximum absolute atomic E-state index is 11.1. The van der Waals surface area contributed by atoms with Gasteiger partial charge in [-0.05, 0) is 64.2 Å². The summed E-state index contributed by atoms with van der Waals surface area (Å²) in [5.41, 5.74) is 0. The van der Waals surface area contributed by atoms with Gasteiger partial charge in [-0.2, -0.15) is 0 Å². The van der Waals surface area contributed by atoms with E-state index in [1.807, 2.05) is 6.08 Å². The quantitative estimate of drug-likeness (QED) is 0.0236. The number of hydrogen-bond donors (Lipinski definition) is 1. The van der Waals surface area contributed by atoms with Crippen LogP contribution in [0.4, 0.5) is 0 Å². The Morgan fingerprint density at radius 2 is 0.780 bits per heavy atom. The Morgan fingerprint density at radius 3 is 1.12 bits per heavy atom. The molecule has 0 saturated heterocycles. The fraction of sp³-hybridized carbons (Fsp3) is 0.705. The van der Waals surface area contributed by atoms with Crippen molar-refractivity contribution in [3.63, 3.8) is 0 Å². The molecule has 0 fully saturated rings.